The number of nitrogens with zero attached hydrogens (tertiary/aromatic N) is 2. The summed E-state index contributed by atoms with van der Waals surface area (Å²) in [6, 6.07) is 12.4. The Morgan fingerprint density at radius 1 is 0.944 bits per heavy atom. The molecule has 0 fully saturated rings. The Hall–Kier alpha value is -2.36. The first-order chi connectivity index (χ1) is 8.72. The minimum absolute atomic E-state index is 0.123. The zero-order valence-electron chi connectivity index (χ0n) is 10.0. The number of azo groups is 1. The molecule has 0 atom stereocenters. The summed E-state index contributed by atoms with van der Waals surface area (Å²) in [4.78, 5) is 0. The number of phenols is 2. The van der Waals surface area contributed by atoms with Crippen LogP contribution in [0.25, 0.3) is 0 Å². The summed E-state index contributed by atoms with van der Waals surface area (Å²) in [7, 11) is 0. The van der Waals surface area contributed by atoms with Crippen LogP contribution in [-0.2, 0) is 6.42 Å². The maximum Gasteiger partial charge on any atom is 0.162 e. The van der Waals surface area contributed by atoms with Crippen LogP contribution in [0.15, 0.2) is 52.7 Å². The van der Waals surface area contributed by atoms with Gasteiger partial charge in [-0.15, -0.1) is 0 Å². The van der Waals surface area contributed by atoms with Crippen LogP contribution in [0.5, 0.6) is 11.5 Å². The van der Waals surface area contributed by atoms with Gasteiger partial charge in [0.25, 0.3) is 0 Å². The maximum absolute atomic E-state index is 9.72. The van der Waals surface area contributed by atoms with E-state index < -0.39 is 0 Å². The number of hydrogen-bond donors (Lipinski definition) is 2. The van der Waals surface area contributed by atoms with Gasteiger partial charge >= 0.3 is 0 Å². The number of aromatic hydroxyl groups is 2. The number of benzene rings is 2. The van der Waals surface area contributed by atoms with E-state index >= 15 is 0 Å². The Bertz CT molecular complexity index is 566. The largest absolute Gasteiger partial charge is 0.504 e. The topological polar surface area (TPSA) is 65.2 Å². The molecule has 2 aromatic carbocycles. The van der Waals surface area contributed by atoms with Crippen molar-refractivity contribution < 1.29 is 10.2 Å². The van der Waals surface area contributed by atoms with Gasteiger partial charge in [0.2, 0.25) is 0 Å². The molecule has 0 heterocycles. The summed E-state index contributed by atoms with van der Waals surface area (Å²) in [6.07, 6.45) is 0.573. The second-order valence-electron chi connectivity index (χ2n) is 3.82. The SMILES string of the molecule is CCc1c(N=Nc2ccccc2)ccc(O)c1O. The minimum Gasteiger partial charge on any atom is -0.504 e. The van der Waals surface area contributed by atoms with Gasteiger partial charge in [-0.05, 0) is 30.7 Å². The first-order valence-corrected chi connectivity index (χ1v) is 5.73. The Morgan fingerprint density at radius 2 is 1.67 bits per heavy atom. The number of hydrogen-bond acceptors (Lipinski definition) is 4. The maximum atomic E-state index is 9.72. The van der Waals surface area contributed by atoms with Crippen LogP contribution in [0.2, 0.25) is 0 Å². The fourth-order valence-electron chi connectivity index (χ4n) is 1.66. The third-order valence-corrected chi connectivity index (χ3v) is 2.62. The van der Waals surface area contributed by atoms with E-state index in [-0.39, 0.29) is 11.5 Å². The van der Waals surface area contributed by atoms with Crippen LogP contribution in [0, 0.1) is 0 Å². The molecule has 4 heteroatoms. The van der Waals surface area contributed by atoms with E-state index in [4.69, 9.17) is 0 Å². The van der Waals surface area contributed by atoms with Crippen molar-refractivity contribution in [3.63, 3.8) is 0 Å². The van der Waals surface area contributed by atoms with Crippen molar-refractivity contribution in [2.24, 2.45) is 10.2 Å². The zero-order chi connectivity index (χ0) is 13.0. The number of phenolic OH excluding ortho intramolecular Hbond substituents is 2. The summed E-state index contributed by atoms with van der Waals surface area (Å²) in [5.41, 5.74) is 1.90. The van der Waals surface area contributed by atoms with Crippen LogP contribution >= 0.6 is 0 Å². The van der Waals surface area contributed by atoms with Crippen molar-refractivity contribution in [2.45, 2.75) is 13.3 Å². The van der Waals surface area contributed by atoms with Crippen molar-refractivity contribution in [3.8, 4) is 11.5 Å². The van der Waals surface area contributed by atoms with Crippen LogP contribution in [-0.4, -0.2) is 10.2 Å². The molecule has 0 aromatic heterocycles. The monoisotopic (exact) mass is 242 g/mol. The van der Waals surface area contributed by atoms with Crippen molar-refractivity contribution in [3.05, 3.63) is 48.0 Å². The first-order valence-electron chi connectivity index (χ1n) is 5.73. The highest BCUT2D eigenvalue weighted by Crippen LogP contribution is 2.36. The van der Waals surface area contributed by atoms with Crippen molar-refractivity contribution in [1.82, 2.24) is 0 Å². The van der Waals surface area contributed by atoms with E-state index in [9.17, 15) is 10.2 Å². The average molecular weight is 242 g/mol. The van der Waals surface area contributed by atoms with Crippen LogP contribution < -0.4 is 0 Å². The van der Waals surface area contributed by atoms with Crippen LogP contribution in [0.1, 0.15) is 12.5 Å². The molecule has 2 aromatic rings. The predicted molar refractivity (Wildman–Crippen MR) is 69.8 cm³/mol. The molecule has 0 amide bonds. The molecule has 0 aliphatic heterocycles. The van der Waals surface area contributed by atoms with E-state index in [1.165, 1.54) is 6.07 Å². The Kier molecular flexibility index (Phi) is 3.57. The Morgan fingerprint density at radius 3 is 2.33 bits per heavy atom. The molecule has 0 saturated heterocycles. The van der Waals surface area contributed by atoms with Gasteiger partial charge in [0.05, 0.1) is 11.4 Å². The van der Waals surface area contributed by atoms with E-state index in [0.717, 1.165) is 5.69 Å². The van der Waals surface area contributed by atoms with Gasteiger partial charge in [-0.2, -0.15) is 10.2 Å². The molecular weight excluding hydrogens is 228 g/mol. The molecule has 0 unspecified atom stereocenters. The summed E-state index contributed by atoms with van der Waals surface area (Å²) >= 11 is 0. The molecule has 0 spiro atoms. The fourth-order valence-corrected chi connectivity index (χ4v) is 1.66. The highest BCUT2D eigenvalue weighted by Gasteiger charge is 2.09. The molecular formula is C14H14N2O2. The molecule has 0 aliphatic carbocycles. The third-order valence-electron chi connectivity index (χ3n) is 2.62. The van der Waals surface area contributed by atoms with Crippen molar-refractivity contribution in [2.75, 3.05) is 0 Å². The van der Waals surface area contributed by atoms with E-state index in [1.807, 2.05) is 37.3 Å². The van der Waals surface area contributed by atoms with Gasteiger partial charge in [-0.3, -0.25) is 0 Å². The number of rotatable bonds is 3. The summed E-state index contributed by atoms with van der Waals surface area (Å²) < 4.78 is 0. The van der Waals surface area contributed by atoms with Crippen molar-refractivity contribution in [1.29, 1.82) is 0 Å². The molecule has 4 nitrogen and oxygen atoms in total. The van der Waals surface area contributed by atoms with E-state index in [0.29, 0.717) is 17.7 Å². The smallest absolute Gasteiger partial charge is 0.162 e. The normalized spacial score (nSPS) is 10.9. The molecule has 0 radical (unpaired) electrons. The van der Waals surface area contributed by atoms with Crippen LogP contribution in [0.3, 0.4) is 0 Å². The molecule has 0 aliphatic rings. The average Bonchev–Trinajstić information content (AvgIpc) is 2.41. The van der Waals surface area contributed by atoms with Gasteiger partial charge in [0.1, 0.15) is 0 Å². The van der Waals surface area contributed by atoms with Gasteiger partial charge in [-0.1, -0.05) is 25.1 Å². The molecule has 2 N–H and O–H groups in total. The summed E-state index contributed by atoms with van der Waals surface area (Å²) in [5, 5.41) is 27.3. The standard InChI is InChI=1S/C14H14N2O2/c1-2-11-12(8-9-13(17)14(11)18)16-15-10-6-4-3-5-7-10/h3-9,17-18H,2H2,1H3. The summed E-state index contributed by atoms with van der Waals surface area (Å²) in [6.45, 7) is 1.88. The second-order valence-corrected chi connectivity index (χ2v) is 3.82. The van der Waals surface area contributed by atoms with E-state index in [1.54, 1.807) is 6.07 Å². The second kappa shape index (κ2) is 5.31. The molecule has 2 rings (SSSR count). The Balaban J connectivity index is 2.35. The van der Waals surface area contributed by atoms with Crippen LogP contribution in [0.4, 0.5) is 11.4 Å². The quantitative estimate of drug-likeness (QED) is 0.629. The van der Waals surface area contributed by atoms with Gasteiger partial charge in [0.15, 0.2) is 11.5 Å². The van der Waals surface area contributed by atoms with E-state index in [2.05, 4.69) is 10.2 Å². The van der Waals surface area contributed by atoms with Crippen molar-refractivity contribution >= 4 is 11.4 Å². The molecule has 0 saturated carbocycles. The van der Waals surface area contributed by atoms with Gasteiger partial charge in [0, 0.05) is 5.56 Å². The first kappa shape index (κ1) is 12.1. The highest BCUT2D eigenvalue weighted by molar-refractivity contribution is 5.58. The highest BCUT2D eigenvalue weighted by atomic mass is 16.3. The predicted octanol–water partition coefficient (Wildman–Crippen LogP) is 4.08. The van der Waals surface area contributed by atoms with Gasteiger partial charge in [-0.25, -0.2) is 0 Å². The third kappa shape index (κ3) is 2.48. The van der Waals surface area contributed by atoms with Gasteiger partial charge < -0.3 is 10.2 Å². The zero-order valence-corrected chi connectivity index (χ0v) is 10.0. The molecule has 92 valence electrons. The lowest BCUT2D eigenvalue weighted by molar-refractivity contribution is 0.400. The Labute approximate surface area is 105 Å². The fraction of sp³-hybridized carbons (Fsp3) is 0.143. The molecule has 0 bridgehead atoms. The lowest BCUT2D eigenvalue weighted by Gasteiger charge is -2.06. The lowest BCUT2D eigenvalue weighted by atomic mass is 10.1. The summed E-state index contributed by atoms with van der Waals surface area (Å²) in [5.74, 6) is -0.257. The lowest BCUT2D eigenvalue weighted by Crippen LogP contribution is -1.83. The minimum atomic E-state index is -0.134. The molecule has 18 heavy (non-hydrogen) atoms.